The number of hydrogen-bond acceptors (Lipinski definition) is 3. The van der Waals surface area contributed by atoms with Gasteiger partial charge in [-0.3, -0.25) is 0 Å². The summed E-state index contributed by atoms with van der Waals surface area (Å²) in [5, 5.41) is 21.6. The predicted octanol–water partition coefficient (Wildman–Crippen LogP) is 0.480. The molecule has 1 aromatic carbocycles. The first kappa shape index (κ1) is 12.2. The van der Waals surface area contributed by atoms with Gasteiger partial charge in [0.2, 0.25) is 0 Å². The minimum Gasteiger partial charge on any atom is -0.394 e. The van der Waals surface area contributed by atoms with E-state index >= 15 is 0 Å². The van der Waals surface area contributed by atoms with Crippen molar-refractivity contribution in [3.8, 4) is 0 Å². The molecule has 0 aliphatic heterocycles. The lowest BCUT2D eigenvalue weighted by Crippen LogP contribution is -2.51. The van der Waals surface area contributed by atoms with Gasteiger partial charge in [0.15, 0.2) is 0 Å². The number of rotatable bonds is 5. The molecule has 0 aliphatic carbocycles. The lowest BCUT2D eigenvalue weighted by molar-refractivity contribution is 0.0972. The van der Waals surface area contributed by atoms with Crippen LogP contribution in [0.3, 0.4) is 0 Å². The largest absolute Gasteiger partial charge is 0.394 e. The highest BCUT2D eigenvalue weighted by Gasteiger charge is 2.26. The molecule has 0 unspecified atom stereocenters. The van der Waals surface area contributed by atoms with E-state index in [0.717, 1.165) is 5.56 Å². The van der Waals surface area contributed by atoms with Crippen LogP contribution in [0.4, 0.5) is 0 Å². The van der Waals surface area contributed by atoms with Gasteiger partial charge in [-0.25, -0.2) is 0 Å². The van der Waals surface area contributed by atoms with Crippen LogP contribution in [0.2, 0.25) is 0 Å². The monoisotopic (exact) mass is 209 g/mol. The van der Waals surface area contributed by atoms with Crippen molar-refractivity contribution in [2.45, 2.75) is 18.9 Å². The van der Waals surface area contributed by atoms with E-state index in [0.29, 0.717) is 6.42 Å². The van der Waals surface area contributed by atoms with E-state index in [2.05, 4.69) is 11.4 Å². The molecule has 0 spiro atoms. The van der Waals surface area contributed by atoms with Crippen LogP contribution in [-0.4, -0.2) is 36.0 Å². The van der Waals surface area contributed by atoms with Crippen LogP contribution in [0.15, 0.2) is 24.3 Å². The third-order valence-corrected chi connectivity index (χ3v) is 2.76. The van der Waals surface area contributed by atoms with Crippen LogP contribution in [-0.2, 0) is 6.42 Å². The second kappa shape index (κ2) is 5.26. The van der Waals surface area contributed by atoms with Gasteiger partial charge in [0.25, 0.3) is 0 Å². The van der Waals surface area contributed by atoms with Crippen molar-refractivity contribution in [2.24, 2.45) is 0 Å². The fourth-order valence-corrected chi connectivity index (χ4v) is 1.62. The molecule has 1 rings (SSSR count). The van der Waals surface area contributed by atoms with Crippen molar-refractivity contribution < 1.29 is 10.2 Å². The Morgan fingerprint density at radius 3 is 2.40 bits per heavy atom. The van der Waals surface area contributed by atoms with Crippen molar-refractivity contribution in [1.82, 2.24) is 5.32 Å². The Bertz CT molecular complexity index is 300. The van der Waals surface area contributed by atoms with E-state index in [1.807, 2.05) is 25.1 Å². The normalized spacial score (nSPS) is 11.7. The first-order valence-electron chi connectivity index (χ1n) is 5.12. The molecule has 84 valence electrons. The maximum absolute atomic E-state index is 9.28. The minimum atomic E-state index is -0.617. The summed E-state index contributed by atoms with van der Waals surface area (Å²) in [5.41, 5.74) is 1.69. The van der Waals surface area contributed by atoms with Gasteiger partial charge in [0.05, 0.1) is 18.8 Å². The van der Waals surface area contributed by atoms with Crippen molar-refractivity contribution in [3.05, 3.63) is 35.4 Å². The molecule has 0 heterocycles. The number of benzene rings is 1. The van der Waals surface area contributed by atoms with Gasteiger partial charge in [-0.15, -0.1) is 0 Å². The molecule has 0 amide bonds. The number of hydrogen-bond donors (Lipinski definition) is 3. The topological polar surface area (TPSA) is 52.5 Å². The van der Waals surface area contributed by atoms with Crippen molar-refractivity contribution in [3.63, 3.8) is 0 Å². The van der Waals surface area contributed by atoms with Crippen LogP contribution in [0.25, 0.3) is 0 Å². The fourth-order valence-electron chi connectivity index (χ4n) is 1.62. The standard InChI is InChI=1S/C12H19NO2/c1-10-4-3-5-11(6-10)7-12(8-14,9-15)13-2/h3-6,13-15H,7-9H2,1-2H3. The molecule has 3 N–H and O–H groups in total. The van der Waals surface area contributed by atoms with Gasteiger partial charge >= 0.3 is 0 Å². The molecule has 3 heteroatoms. The van der Waals surface area contributed by atoms with Gasteiger partial charge < -0.3 is 15.5 Å². The summed E-state index contributed by atoms with van der Waals surface area (Å²) >= 11 is 0. The Labute approximate surface area is 90.8 Å². The van der Waals surface area contributed by atoms with Gasteiger partial charge in [-0.2, -0.15) is 0 Å². The average Bonchev–Trinajstić information content (AvgIpc) is 2.26. The maximum atomic E-state index is 9.28. The number of aliphatic hydroxyl groups excluding tert-OH is 2. The molecule has 0 fully saturated rings. The minimum absolute atomic E-state index is 0.0755. The summed E-state index contributed by atoms with van der Waals surface area (Å²) in [4.78, 5) is 0. The number of nitrogens with one attached hydrogen (secondary N) is 1. The lowest BCUT2D eigenvalue weighted by Gasteiger charge is -2.29. The first-order chi connectivity index (χ1) is 7.15. The van der Waals surface area contributed by atoms with Crippen LogP contribution >= 0.6 is 0 Å². The zero-order chi connectivity index (χ0) is 11.3. The second-order valence-electron chi connectivity index (χ2n) is 4.01. The van der Waals surface area contributed by atoms with E-state index in [-0.39, 0.29) is 13.2 Å². The Hall–Kier alpha value is -0.900. The Morgan fingerprint density at radius 2 is 1.93 bits per heavy atom. The fraction of sp³-hybridized carbons (Fsp3) is 0.500. The van der Waals surface area contributed by atoms with Crippen LogP contribution < -0.4 is 5.32 Å². The lowest BCUT2D eigenvalue weighted by atomic mass is 9.92. The van der Waals surface area contributed by atoms with Gasteiger partial charge in [-0.1, -0.05) is 29.8 Å². The molecular weight excluding hydrogens is 190 g/mol. The molecule has 0 aromatic heterocycles. The molecule has 15 heavy (non-hydrogen) atoms. The van der Waals surface area contributed by atoms with Crippen molar-refractivity contribution in [1.29, 1.82) is 0 Å². The Morgan fingerprint density at radius 1 is 1.27 bits per heavy atom. The summed E-state index contributed by atoms with van der Waals surface area (Å²) in [6, 6.07) is 8.09. The number of likely N-dealkylation sites (N-methyl/N-ethyl adjacent to an activating group) is 1. The van der Waals surface area contributed by atoms with E-state index in [9.17, 15) is 10.2 Å². The van der Waals surface area contributed by atoms with E-state index in [1.54, 1.807) is 7.05 Å². The second-order valence-corrected chi connectivity index (χ2v) is 4.01. The smallest absolute Gasteiger partial charge is 0.0686 e. The summed E-state index contributed by atoms with van der Waals surface area (Å²) < 4.78 is 0. The SMILES string of the molecule is CNC(CO)(CO)Cc1cccc(C)c1. The highest BCUT2D eigenvalue weighted by atomic mass is 16.3. The van der Waals surface area contributed by atoms with E-state index < -0.39 is 5.54 Å². The molecule has 0 radical (unpaired) electrons. The maximum Gasteiger partial charge on any atom is 0.0686 e. The summed E-state index contributed by atoms with van der Waals surface area (Å²) in [7, 11) is 1.75. The van der Waals surface area contributed by atoms with Gasteiger partial charge in [-0.05, 0) is 26.0 Å². The third kappa shape index (κ3) is 3.02. The molecule has 0 saturated carbocycles. The highest BCUT2D eigenvalue weighted by molar-refractivity contribution is 5.24. The van der Waals surface area contributed by atoms with Gasteiger partial charge in [0.1, 0.15) is 0 Å². The first-order valence-corrected chi connectivity index (χ1v) is 5.12. The Kier molecular flexibility index (Phi) is 4.27. The zero-order valence-corrected chi connectivity index (χ0v) is 9.33. The van der Waals surface area contributed by atoms with Crippen LogP contribution in [0, 0.1) is 6.92 Å². The quantitative estimate of drug-likeness (QED) is 0.661. The predicted molar refractivity (Wildman–Crippen MR) is 60.8 cm³/mol. The van der Waals surface area contributed by atoms with Crippen molar-refractivity contribution >= 4 is 0 Å². The number of aryl methyl sites for hydroxylation is 1. The summed E-state index contributed by atoms with van der Waals surface area (Å²) in [6.07, 6.45) is 0.623. The van der Waals surface area contributed by atoms with Crippen LogP contribution in [0.5, 0.6) is 0 Å². The number of aliphatic hydroxyl groups is 2. The van der Waals surface area contributed by atoms with Gasteiger partial charge in [0, 0.05) is 0 Å². The summed E-state index contributed by atoms with van der Waals surface area (Å²) in [5.74, 6) is 0. The molecule has 0 aliphatic rings. The van der Waals surface area contributed by atoms with E-state index in [4.69, 9.17) is 0 Å². The third-order valence-electron chi connectivity index (χ3n) is 2.76. The molecule has 0 bridgehead atoms. The molecule has 3 nitrogen and oxygen atoms in total. The highest BCUT2D eigenvalue weighted by Crippen LogP contribution is 2.13. The van der Waals surface area contributed by atoms with Crippen molar-refractivity contribution in [2.75, 3.05) is 20.3 Å². The zero-order valence-electron chi connectivity index (χ0n) is 9.33. The van der Waals surface area contributed by atoms with Crippen LogP contribution in [0.1, 0.15) is 11.1 Å². The van der Waals surface area contributed by atoms with E-state index in [1.165, 1.54) is 5.56 Å². The average molecular weight is 209 g/mol. The molecular formula is C12H19NO2. The Balaban J connectivity index is 2.82. The summed E-state index contributed by atoms with van der Waals surface area (Å²) in [6.45, 7) is 1.88. The molecule has 0 saturated heterocycles. The molecule has 0 atom stereocenters. The molecule has 1 aromatic rings.